The van der Waals surface area contributed by atoms with Crippen molar-refractivity contribution in [1.29, 1.82) is 0 Å². The Morgan fingerprint density at radius 2 is 1.85 bits per heavy atom. The number of aromatic nitrogens is 2. The molecule has 0 saturated carbocycles. The number of piperidine rings is 1. The van der Waals surface area contributed by atoms with Crippen molar-refractivity contribution in [2.24, 2.45) is 0 Å². The summed E-state index contributed by atoms with van der Waals surface area (Å²) >= 11 is 0. The molecule has 4 rings (SSSR count). The highest BCUT2D eigenvalue weighted by molar-refractivity contribution is 5.92. The van der Waals surface area contributed by atoms with Crippen LogP contribution >= 0.6 is 0 Å². The Bertz CT molecular complexity index is 967. The number of anilines is 3. The van der Waals surface area contributed by atoms with Gasteiger partial charge in [-0.2, -0.15) is 4.98 Å². The van der Waals surface area contributed by atoms with E-state index in [1.165, 1.54) is 26.4 Å². The highest BCUT2D eigenvalue weighted by Crippen LogP contribution is 2.28. The highest BCUT2D eigenvalue weighted by Gasteiger charge is 2.17. The van der Waals surface area contributed by atoms with Gasteiger partial charge in [-0.3, -0.25) is 0 Å². The van der Waals surface area contributed by atoms with Gasteiger partial charge in [0, 0.05) is 24.2 Å². The van der Waals surface area contributed by atoms with E-state index in [-0.39, 0.29) is 5.97 Å². The summed E-state index contributed by atoms with van der Waals surface area (Å²) in [5.74, 6) is 1.12. The molecule has 1 fully saturated rings. The third-order valence-electron chi connectivity index (χ3n) is 4.78. The van der Waals surface area contributed by atoms with Crippen LogP contribution in [0.1, 0.15) is 29.6 Å². The molecule has 1 aromatic heterocycles. The Balaban J connectivity index is 1.71. The van der Waals surface area contributed by atoms with Crippen molar-refractivity contribution in [1.82, 2.24) is 9.97 Å². The van der Waals surface area contributed by atoms with Gasteiger partial charge in [0.05, 0.1) is 18.2 Å². The van der Waals surface area contributed by atoms with Crippen molar-refractivity contribution in [3.8, 4) is 0 Å². The number of hydrogen-bond donors (Lipinski definition) is 1. The summed E-state index contributed by atoms with van der Waals surface area (Å²) in [6, 6.07) is 15.2. The Morgan fingerprint density at radius 3 is 2.67 bits per heavy atom. The van der Waals surface area contributed by atoms with E-state index in [1.807, 2.05) is 24.3 Å². The third-order valence-corrected chi connectivity index (χ3v) is 4.78. The van der Waals surface area contributed by atoms with Crippen LogP contribution in [0.3, 0.4) is 0 Å². The summed E-state index contributed by atoms with van der Waals surface area (Å²) in [5, 5.41) is 4.30. The predicted octanol–water partition coefficient (Wildman–Crippen LogP) is 4.15. The fraction of sp³-hybridized carbons (Fsp3) is 0.286. The number of carbonyl (C=O) groups excluding carboxylic acids is 1. The van der Waals surface area contributed by atoms with E-state index in [4.69, 9.17) is 9.72 Å². The van der Waals surface area contributed by atoms with E-state index < -0.39 is 0 Å². The van der Waals surface area contributed by atoms with E-state index in [1.54, 1.807) is 18.2 Å². The molecule has 2 aromatic carbocycles. The van der Waals surface area contributed by atoms with Crippen molar-refractivity contribution in [2.75, 3.05) is 30.4 Å². The number of rotatable bonds is 4. The summed E-state index contributed by atoms with van der Waals surface area (Å²) in [4.78, 5) is 23.6. The molecule has 138 valence electrons. The SMILES string of the molecule is COC(=O)c1cccc(Nc2nc(N3CCCCC3)c3ccccc3n2)c1. The van der Waals surface area contributed by atoms with Gasteiger partial charge in [-0.25, -0.2) is 9.78 Å². The lowest BCUT2D eigenvalue weighted by molar-refractivity contribution is 0.0601. The second kappa shape index (κ2) is 7.61. The van der Waals surface area contributed by atoms with Gasteiger partial charge in [0.15, 0.2) is 0 Å². The molecule has 0 spiro atoms. The smallest absolute Gasteiger partial charge is 0.337 e. The zero-order chi connectivity index (χ0) is 18.6. The average molecular weight is 362 g/mol. The Hall–Kier alpha value is -3.15. The van der Waals surface area contributed by atoms with Crippen molar-refractivity contribution in [2.45, 2.75) is 19.3 Å². The normalized spacial score (nSPS) is 14.2. The predicted molar refractivity (Wildman–Crippen MR) is 107 cm³/mol. The maximum absolute atomic E-state index is 11.8. The maximum atomic E-state index is 11.8. The molecule has 1 aliphatic rings. The Kier molecular flexibility index (Phi) is 4.87. The molecule has 0 bridgehead atoms. The summed E-state index contributed by atoms with van der Waals surface area (Å²) < 4.78 is 4.79. The lowest BCUT2D eigenvalue weighted by Gasteiger charge is -2.29. The topological polar surface area (TPSA) is 67.3 Å². The van der Waals surface area contributed by atoms with E-state index in [0.717, 1.165) is 35.5 Å². The summed E-state index contributed by atoms with van der Waals surface area (Å²) in [6.07, 6.45) is 3.63. The second-order valence-corrected chi connectivity index (χ2v) is 6.63. The summed E-state index contributed by atoms with van der Waals surface area (Å²) in [5.41, 5.74) is 2.14. The minimum Gasteiger partial charge on any atom is -0.465 e. The maximum Gasteiger partial charge on any atom is 0.337 e. The fourth-order valence-corrected chi connectivity index (χ4v) is 3.43. The standard InChI is InChI=1S/C21H22N4O2/c1-27-20(26)15-8-7-9-16(14-15)22-21-23-18-11-4-3-10-17(18)19(24-21)25-12-5-2-6-13-25/h3-4,7-11,14H,2,5-6,12-13H2,1H3,(H,22,23,24). The monoisotopic (exact) mass is 362 g/mol. The molecule has 3 aromatic rings. The minimum absolute atomic E-state index is 0.368. The van der Waals surface area contributed by atoms with Crippen molar-refractivity contribution in [3.63, 3.8) is 0 Å². The van der Waals surface area contributed by atoms with Crippen LogP contribution in [0.4, 0.5) is 17.5 Å². The van der Waals surface area contributed by atoms with Gasteiger partial charge in [0.2, 0.25) is 5.95 Å². The number of carbonyl (C=O) groups is 1. The van der Waals surface area contributed by atoms with Crippen LogP contribution in [-0.2, 0) is 4.74 Å². The largest absolute Gasteiger partial charge is 0.465 e. The molecule has 0 amide bonds. The van der Waals surface area contributed by atoms with Crippen LogP contribution in [0.2, 0.25) is 0 Å². The number of ether oxygens (including phenoxy) is 1. The van der Waals surface area contributed by atoms with E-state index in [2.05, 4.69) is 21.3 Å². The number of nitrogens with one attached hydrogen (secondary N) is 1. The third kappa shape index (κ3) is 3.69. The average Bonchev–Trinajstić information content (AvgIpc) is 2.73. The number of para-hydroxylation sites is 1. The first-order valence-corrected chi connectivity index (χ1v) is 9.22. The molecule has 0 aliphatic carbocycles. The second-order valence-electron chi connectivity index (χ2n) is 6.63. The minimum atomic E-state index is -0.368. The molecule has 2 heterocycles. The highest BCUT2D eigenvalue weighted by atomic mass is 16.5. The zero-order valence-electron chi connectivity index (χ0n) is 15.3. The molecule has 6 heteroatoms. The van der Waals surface area contributed by atoms with Crippen LogP contribution in [0.5, 0.6) is 0 Å². The first kappa shape index (κ1) is 17.3. The van der Waals surface area contributed by atoms with Crippen LogP contribution in [0, 0.1) is 0 Å². The zero-order valence-corrected chi connectivity index (χ0v) is 15.3. The molecule has 1 aliphatic heterocycles. The van der Waals surface area contributed by atoms with E-state index >= 15 is 0 Å². The first-order chi connectivity index (χ1) is 13.2. The fourth-order valence-electron chi connectivity index (χ4n) is 3.43. The molecule has 0 radical (unpaired) electrons. The molecule has 27 heavy (non-hydrogen) atoms. The van der Waals surface area contributed by atoms with Crippen LogP contribution < -0.4 is 10.2 Å². The van der Waals surface area contributed by atoms with Crippen molar-refractivity contribution < 1.29 is 9.53 Å². The number of nitrogens with zero attached hydrogens (tertiary/aromatic N) is 3. The Labute approximate surface area is 158 Å². The van der Waals surface area contributed by atoms with Gasteiger partial charge < -0.3 is 15.0 Å². The summed E-state index contributed by atoms with van der Waals surface area (Å²) in [7, 11) is 1.37. The molecule has 1 N–H and O–H groups in total. The number of benzene rings is 2. The number of esters is 1. The Morgan fingerprint density at radius 1 is 1.04 bits per heavy atom. The van der Waals surface area contributed by atoms with Gasteiger partial charge in [0.25, 0.3) is 0 Å². The molecule has 0 atom stereocenters. The number of hydrogen-bond acceptors (Lipinski definition) is 6. The molecule has 6 nitrogen and oxygen atoms in total. The quantitative estimate of drug-likeness (QED) is 0.703. The van der Waals surface area contributed by atoms with Crippen LogP contribution in [0.15, 0.2) is 48.5 Å². The van der Waals surface area contributed by atoms with Crippen molar-refractivity contribution >= 4 is 34.3 Å². The van der Waals surface area contributed by atoms with Gasteiger partial charge in [0.1, 0.15) is 5.82 Å². The van der Waals surface area contributed by atoms with Crippen molar-refractivity contribution in [3.05, 3.63) is 54.1 Å². The number of methoxy groups -OCH3 is 1. The van der Waals surface area contributed by atoms with Crippen LogP contribution in [0.25, 0.3) is 10.9 Å². The first-order valence-electron chi connectivity index (χ1n) is 9.22. The van der Waals surface area contributed by atoms with Crippen LogP contribution in [-0.4, -0.2) is 36.1 Å². The van der Waals surface area contributed by atoms with E-state index in [9.17, 15) is 4.79 Å². The van der Waals surface area contributed by atoms with Gasteiger partial charge in [-0.1, -0.05) is 18.2 Å². The summed E-state index contributed by atoms with van der Waals surface area (Å²) in [6.45, 7) is 2.02. The van der Waals surface area contributed by atoms with Gasteiger partial charge in [-0.15, -0.1) is 0 Å². The lowest BCUT2D eigenvalue weighted by Crippen LogP contribution is -2.30. The van der Waals surface area contributed by atoms with Gasteiger partial charge in [-0.05, 0) is 49.6 Å². The number of fused-ring (bicyclic) bond motifs is 1. The molecular weight excluding hydrogens is 340 g/mol. The lowest BCUT2D eigenvalue weighted by atomic mass is 10.1. The molecule has 0 unspecified atom stereocenters. The van der Waals surface area contributed by atoms with Gasteiger partial charge >= 0.3 is 5.97 Å². The molecule has 1 saturated heterocycles. The van der Waals surface area contributed by atoms with E-state index in [0.29, 0.717) is 11.5 Å². The molecular formula is C21H22N4O2.